The van der Waals surface area contributed by atoms with Crippen molar-refractivity contribution in [3.63, 3.8) is 0 Å². The van der Waals surface area contributed by atoms with Crippen LogP contribution in [-0.2, 0) is 9.53 Å². The lowest BCUT2D eigenvalue weighted by atomic mass is 10.2. The van der Waals surface area contributed by atoms with E-state index in [9.17, 15) is 18.4 Å². The minimum absolute atomic E-state index is 0.298. The van der Waals surface area contributed by atoms with Crippen molar-refractivity contribution in [1.82, 2.24) is 0 Å². The number of aryl methyl sites for hydroxylation is 1. The second-order valence-corrected chi connectivity index (χ2v) is 5.09. The molecule has 0 aliphatic rings. The van der Waals surface area contributed by atoms with Gasteiger partial charge < -0.3 is 10.1 Å². The molecule has 4 nitrogen and oxygen atoms in total. The molecule has 0 aliphatic carbocycles. The molecule has 7 heteroatoms. The van der Waals surface area contributed by atoms with Gasteiger partial charge in [-0.05, 0) is 30.7 Å². The molecule has 1 amide bonds. The Bertz CT molecular complexity index is 765. The molecule has 2 aromatic carbocycles. The van der Waals surface area contributed by atoms with Crippen molar-refractivity contribution >= 4 is 29.2 Å². The van der Waals surface area contributed by atoms with Gasteiger partial charge in [0.05, 0.1) is 10.6 Å². The van der Waals surface area contributed by atoms with Crippen LogP contribution >= 0.6 is 11.6 Å². The van der Waals surface area contributed by atoms with Crippen LogP contribution in [0.5, 0.6) is 0 Å². The van der Waals surface area contributed by atoms with Crippen molar-refractivity contribution in [2.24, 2.45) is 0 Å². The van der Waals surface area contributed by atoms with Crippen LogP contribution in [0.1, 0.15) is 15.9 Å². The monoisotopic (exact) mass is 339 g/mol. The normalized spacial score (nSPS) is 10.3. The van der Waals surface area contributed by atoms with E-state index in [4.69, 9.17) is 16.3 Å². The van der Waals surface area contributed by atoms with Crippen molar-refractivity contribution in [2.75, 3.05) is 11.9 Å². The molecule has 0 saturated heterocycles. The Balaban J connectivity index is 1.98. The largest absolute Gasteiger partial charge is 0.452 e. The zero-order valence-corrected chi connectivity index (χ0v) is 12.8. The van der Waals surface area contributed by atoms with Crippen LogP contribution in [0.25, 0.3) is 0 Å². The van der Waals surface area contributed by atoms with E-state index < -0.39 is 30.1 Å². The molecular weight excluding hydrogens is 328 g/mol. The van der Waals surface area contributed by atoms with E-state index in [0.717, 1.165) is 5.56 Å². The number of hydrogen-bond acceptors (Lipinski definition) is 3. The lowest BCUT2D eigenvalue weighted by Crippen LogP contribution is -2.21. The SMILES string of the molecule is Cc1ccccc1NC(=O)COC(=O)c1cc(F)c(F)cc1Cl. The molecule has 0 bridgehead atoms. The third kappa shape index (κ3) is 4.26. The molecule has 2 rings (SSSR count). The van der Waals surface area contributed by atoms with Crippen LogP contribution in [0.2, 0.25) is 5.02 Å². The summed E-state index contributed by atoms with van der Waals surface area (Å²) in [5.41, 5.74) is 1.07. The van der Waals surface area contributed by atoms with Gasteiger partial charge in [-0.3, -0.25) is 4.79 Å². The van der Waals surface area contributed by atoms with Gasteiger partial charge in [0, 0.05) is 5.69 Å². The number of halogens is 3. The van der Waals surface area contributed by atoms with E-state index in [2.05, 4.69) is 5.32 Å². The van der Waals surface area contributed by atoms with Gasteiger partial charge in [-0.25, -0.2) is 13.6 Å². The number of benzene rings is 2. The second-order valence-electron chi connectivity index (χ2n) is 4.69. The minimum Gasteiger partial charge on any atom is -0.452 e. The van der Waals surface area contributed by atoms with Gasteiger partial charge in [0.25, 0.3) is 5.91 Å². The molecule has 1 N–H and O–H groups in total. The number of hydrogen-bond donors (Lipinski definition) is 1. The second kappa shape index (κ2) is 7.19. The first kappa shape index (κ1) is 16.9. The Kier molecular flexibility index (Phi) is 5.28. The van der Waals surface area contributed by atoms with Crippen LogP contribution < -0.4 is 5.32 Å². The zero-order chi connectivity index (χ0) is 17.0. The maximum Gasteiger partial charge on any atom is 0.340 e. The fourth-order valence-electron chi connectivity index (χ4n) is 1.79. The van der Waals surface area contributed by atoms with Gasteiger partial charge >= 0.3 is 5.97 Å². The molecule has 0 fully saturated rings. The maximum absolute atomic E-state index is 13.1. The van der Waals surface area contributed by atoms with Crippen molar-refractivity contribution < 1.29 is 23.1 Å². The first-order valence-corrected chi connectivity index (χ1v) is 6.93. The van der Waals surface area contributed by atoms with E-state index >= 15 is 0 Å². The van der Waals surface area contributed by atoms with Gasteiger partial charge in [-0.1, -0.05) is 29.8 Å². The number of para-hydroxylation sites is 1. The average Bonchev–Trinajstić information content (AvgIpc) is 2.51. The fraction of sp³-hybridized carbons (Fsp3) is 0.125. The highest BCUT2D eigenvalue weighted by Crippen LogP contribution is 2.21. The summed E-state index contributed by atoms with van der Waals surface area (Å²) in [6.45, 7) is 1.23. The van der Waals surface area contributed by atoms with Gasteiger partial charge in [0.2, 0.25) is 0 Å². The van der Waals surface area contributed by atoms with Crippen LogP contribution in [0.3, 0.4) is 0 Å². The maximum atomic E-state index is 13.1. The predicted molar refractivity (Wildman–Crippen MR) is 81.5 cm³/mol. The Labute approximate surface area is 136 Å². The molecule has 0 heterocycles. The van der Waals surface area contributed by atoms with E-state index in [1.54, 1.807) is 12.1 Å². The molecule has 0 radical (unpaired) electrons. The highest BCUT2D eigenvalue weighted by Gasteiger charge is 2.17. The van der Waals surface area contributed by atoms with Crippen molar-refractivity contribution in [3.05, 3.63) is 64.2 Å². The molecule has 0 unspecified atom stereocenters. The molecule has 0 atom stereocenters. The van der Waals surface area contributed by atoms with Gasteiger partial charge in [-0.2, -0.15) is 0 Å². The standard InChI is InChI=1S/C16H12ClF2NO3/c1-9-4-2-3-5-14(9)20-15(21)8-23-16(22)10-6-12(18)13(19)7-11(10)17/h2-7H,8H2,1H3,(H,20,21). The Morgan fingerprint density at radius 2 is 1.83 bits per heavy atom. The molecule has 0 aliphatic heterocycles. The van der Waals surface area contributed by atoms with Crippen molar-refractivity contribution in [3.8, 4) is 0 Å². The van der Waals surface area contributed by atoms with E-state index in [1.165, 1.54) is 0 Å². The van der Waals surface area contributed by atoms with Crippen LogP contribution in [-0.4, -0.2) is 18.5 Å². The third-order valence-electron chi connectivity index (χ3n) is 2.98. The summed E-state index contributed by atoms with van der Waals surface area (Å²) < 4.78 is 30.8. The molecular formula is C16H12ClF2NO3. The zero-order valence-electron chi connectivity index (χ0n) is 12.0. The lowest BCUT2D eigenvalue weighted by molar-refractivity contribution is -0.119. The summed E-state index contributed by atoms with van der Waals surface area (Å²) in [6, 6.07) is 8.36. The molecule has 120 valence electrons. The van der Waals surface area contributed by atoms with Gasteiger partial charge in [0.1, 0.15) is 0 Å². The Hall–Kier alpha value is -2.47. The molecule has 0 aromatic heterocycles. The van der Waals surface area contributed by atoms with Crippen LogP contribution in [0.4, 0.5) is 14.5 Å². The molecule has 23 heavy (non-hydrogen) atoms. The number of anilines is 1. The number of amides is 1. The quantitative estimate of drug-likeness (QED) is 0.682. The Morgan fingerprint density at radius 3 is 2.52 bits per heavy atom. The van der Waals surface area contributed by atoms with Gasteiger partial charge in [-0.15, -0.1) is 0 Å². The lowest BCUT2D eigenvalue weighted by Gasteiger charge is -2.09. The summed E-state index contributed by atoms with van der Waals surface area (Å²) in [5.74, 6) is -3.99. The topological polar surface area (TPSA) is 55.4 Å². The fourth-order valence-corrected chi connectivity index (χ4v) is 2.01. The number of ether oxygens (including phenoxy) is 1. The number of nitrogens with one attached hydrogen (secondary N) is 1. The molecule has 0 saturated carbocycles. The third-order valence-corrected chi connectivity index (χ3v) is 3.30. The number of carbonyl (C=O) groups excluding carboxylic acids is 2. The van der Waals surface area contributed by atoms with Crippen LogP contribution in [0, 0.1) is 18.6 Å². The highest BCUT2D eigenvalue weighted by molar-refractivity contribution is 6.33. The summed E-state index contributed by atoms with van der Waals surface area (Å²) in [6.07, 6.45) is 0. The number of rotatable bonds is 4. The highest BCUT2D eigenvalue weighted by atomic mass is 35.5. The Morgan fingerprint density at radius 1 is 1.17 bits per heavy atom. The van der Waals surface area contributed by atoms with Crippen molar-refractivity contribution in [1.29, 1.82) is 0 Å². The van der Waals surface area contributed by atoms with E-state index in [1.807, 2.05) is 19.1 Å². The number of carbonyl (C=O) groups is 2. The van der Waals surface area contributed by atoms with E-state index in [0.29, 0.717) is 17.8 Å². The summed E-state index contributed by atoms with van der Waals surface area (Å²) >= 11 is 5.65. The molecule has 0 spiro atoms. The number of esters is 1. The summed E-state index contributed by atoms with van der Waals surface area (Å²) in [7, 11) is 0. The predicted octanol–water partition coefficient (Wildman–Crippen LogP) is 3.72. The van der Waals surface area contributed by atoms with E-state index in [-0.39, 0.29) is 10.6 Å². The van der Waals surface area contributed by atoms with Crippen molar-refractivity contribution in [2.45, 2.75) is 6.92 Å². The summed E-state index contributed by atoms with van der Waals surface area (Å²) in [5, 5.41) is 2.27. The van der Waals surface area contributed by atoms with Gasteiger partial charge in [0.15, 0.2) is 18.2 Å². The minimum atomic E-state index is -1.23. The first-order chi connectivity index (χ1) is 10.9. The first-order valence-electron chi connectivity index (χ1n) is 6.55. The average molecular weight is 340 g/mol. The smallest absolute Gasteiger partial charge is 0.340 e. The van der Waals surface area contributed by atoms with Crippen LogP contribution in [0.15, 0.2) is 36.4 Å². The summed E-state index contributed by atoms with van der Waals surface area (Å²) in [4.78, 5) is 23.5. The molecule has 2 aromatic rings.